The SMILES string of the molecule is CC1(c2cccc(-c3ccc4c(c3)OC(F)(F)O4)c2)COCC(N)=N1. The highest BCUT2D eigenvalue weighted by atomic mass is 19.3. The van der Waals surface area contributed by atoms with E-state index >= 15 is 0 Å². The molecule has 2 aromatic rings. The van der Waals surface area contributed by atoms with E-state index in [9.17, 15) is 8.78 Å². The predicted molar refractivity (Wildman–Crippen MR) is 87.9 cm³/mol. The molecule has 0 bridgehead atoms. The first kappa shape index (κ1) is 15.8. The zero-order valence-corrected chi connectivity index (χ0v) is 13.5. The van der Waals surface area contributed by atoms with E-state index in [2.05, 4.69) is 14.5 Å². The van der Waals surface area contributed by atoms with Gasteiger partial charge in [0.05, 0.1) is 6.61 Å². The standard InChI is InChI=1S/C18H16F2N2O3/c1-17(10-23-9-16(21)22-17)13-4-2-3-11(7-13)12-5-6-14-15(8-12)25-18(19,20)24-14/h2-8H,9-10H2,1H3,(H2,21,22). The molecule has 0 aliphatic carbocycles. The first-order valence-corrected chi connectivity index (χ1v) is 7.77. The molecule has 5 nitrogen and oxygen atoms in total. The van der Waals surface area contributed by atoms with Gasteiger partial charge in [-0.15, -0.1) is 8.78 Å². The maximum absolute atomic E-state index is 13.2. The molecule has 1 unspecified atom stereocenters. The molecule has 2 heterocycles. The fraction of sp³-hybridized carbons (Fsp3) is 0.278. The van der Waals surface area contributed by atoms with Crippen LogP contribution in [0.2, 0.25) is 0 Å². The van der Waals surface area contributed by atoms with Gasteiger partial charge in [-0.1, -0.05) is 24.3 Å². The topological polar surface area (TPSA) is 66.1 Å². The predicted octanol–water partition coefficient (Wildman–Crippen LogP) is 3.28. The number of benzene rings is 2. The van der Waals surface area contributed by atoms with E-state index in [0.29, 0.717) is 19.0 Å². The van der Waals surface area contributed by atoms with Crippen molar-refractivity contribution in [3.05, 3.63) is 48.0 Å². The number of halogens is 2. The summed E-state index contributed by atoms with van der Waals surface area (Å²) in [7, 11) is 0. The van der Waals surface area contributed by atoms with Crippen molar-refractivity contribution in [1.29, 1.82) is 0 Å². The lowest BCUT2D eigenvalue weighted by molar-refractivity contribution is -0.286. The van der Waals surface area contributed by atoms with Crippen LogP contribution in [0.15, 0.2) is 47.5 Å². The van der Waals surface area contributed by atoms with Gasteiger partial charge in [-0.3, -0.25) is 4.99 Å². The second-order valence-corrected chi connectivity index (χ2v) is 6.28. The molecule has 25 heavy (non-hydrogen) atoms. The molecule has 2 N–H and O–H groups in total. The summed E-state index contributed by atoms with van der Waals surface area (Å²) in [5.74, 6) is 0.488. The summed E-state index contributed by atoms with van der Waals surface area (Å²) in [6, 6.07) is 12.4. The molecule has 0 aromatic heterocycles. The van der Waals surface area contributed by atoms with Crippen molar-refractivity contribution in [1.82, 2.24) is 0 Å². The van der Waals surface area contributed by atoms with Gasteiger partial charge >= 0.3 is 6.29 Å². The van der Waals surface area contributed by atoms with Crippen LogP contribution in [0.4, 0.5) is 8.78 Å². The number of nitrogens with two attached hydrogens (primary N) is 1. The number of hydrogen-bond acceptors (Lipinski definition) is 5. The molecule has 0 saturated heterocycles. The van der Waals surface area contributed by atoms with Crippen LogP contribution < -0.4 is 15.2 Å². The molecular formula is C18H16F2N2O3. The number of hydrogen-bond donors (Lipinski definition) is 1. The lowest BCUT2D eigenvalue weighted by Gasteiger charge is -2.30. The highest BCUT2D eigenvalue weighted by Crippen LogP contribution is 2.43. The van der Waals surface area contributed by atoms with Crippen LogP contribution >= 0.6 is 0 Å². The van der Waals surface area contributed by atoms with Crippen molar-refractivity contribution in [3.8, 4) is 22.6 Å². The molecule has 0 saturated carbocycles. The number of ether oxygens (including phenoxy) is 3. The Hall–Kier alpha value is -2.67. The van der Waals surface area contributed by atoms with Gasteiger partial charge in [-0.05, 0) is 41.8 Å². The van der Waals surface area contributed by atoms with Gasteiger partial charge in [0.1, 0.15) is 18.0 Å². The second kappa shape index (κ2) is 5.42. The molecule has 2 aromatic carbocycles. The van der Waals surface area contributed by atoms with E-state index in [-0.39, 0.29) is 11.5 Å². The van der Waals surface area contributed by atoms with Gasteiger partial charge in [-0.2, -0.15) is 0 Å². The minimum absolute atomic E-state index is 0.0161. The van der Waals surface area contributed by atoms with Crippen molar-refractivity contribution in [2.24, 2.45) is 10.7 Å². The number of aliphatic imine (C=N–C) groups is 1. The zero-order valence-electron chi connectivity index (χ0n) is 13.5. The van der Waals surface area contributed by atoms with Gasteiger partial charge in [0.15, 0.2) is 11.5 Å². The first-order valence-electron chi connectivity index (χ1n) is 7.77. The summed E-state index contributed by atoms with van der Waals surface area (Å²) < 4.78 is 40.8. The molecule has 0 amide bonds. The Morgan fingerprint density at radius 3 is 2.60 bits per heavy atom. The summed E-state index contributed by atoms with van der Waals surface area (Å²) in [6.45, 7) is 2.69. The van der Waals surface area contributed by atoms with Crippen LogP contribution in [-0.4, -0.2) is 25.3 Å². The lowest BCUT2D eigenvalue weighted by atomic mass is 9.90. The van der Waals surface area contributed by atoms with Crippen LogP contribution in [0.3, 0.4) is 0 Å². The van der Waals surface area contributed by atoms with Gasteiger partial charge in [-0.25, -0.2) is 0 Å². The Morgan fingerprint density at radius 2 is 1.80 bits per heavy atom. The van der Waals surface area contributed by atoms with Crippen LogP contribution in [0, 0.1) is 0 Å². The molecule has 2 aliphatic heterocycles. The quantitative estimate of drug-likeness (QED) is 0.906. The highest BCUT2D eigenvalue weighted by Gasteiger charge is 2.43. The Balaban J connectivity index is 1.71. The average molecular weight is 346 g/mol. The third-order valence-electron chi connectivity index (χ3n) is 4.24. The molecule has 7 heteroatoms. The molecule has 2 aliphatic rings. The number of fused-ring (bicyclic) bond motifs is 1. The smallest absolute Gasteiger partial charge is 0.395 e. The summed E-state index contributed by atoms with van der Waals surface area (Å²) in [6.07, 6.45) is -3.62. The van der Waals surface area contributed by atoms with Crippen LogP contribution in [0.25, 0.3) is 11.1 Å². The molecule has 0 radical (unpaired) electrons. The molecule has 4 rings (SSSR count). The Morgan fingerprint density at radius 1 is 1.04 bits per heavy atom. The van der Waals surface area contributed by atoms with Crippen molar-refractivity contribution in [3.63, 3.8) is 0 Å². The number of amidine groups is 1. The molecule has 130 valence electrons. The molecule has 0 fully saturated rings. The van der Waals surface area contributed by atoms with E-state index in [1.165, 1.54) is 12.1 Å². The summed E-state index contributed by atoms with van der Waals surface area (Å²) in [5, 5.41) is 0. The Bertz CT molecular complexity index is 869. The van der Waals surface area contributed by atoms with E-state index in [1.807, 2.05) is 31.2 Å². The van der Waals surface area contributed by atoms with Gasteiger partial charge in [0.2, 0.25) is 0 Å². The van der Waals surface area contributed by atoms with Gasteiger partial charge < -0.3 is 19.9 Å². The molecule has 0 spiro atoms. The maximum atomic E-state index is 13.2. The second-order valence-electron chi connectivity index (χ2n) is 6.28. The number of nitrogens with zero attached hydrogens (tertiary/aromatic N) is 1. The highest BCUT2D eigenvalue weighted by molar-refractivity contribution is 5.82. The zero-order chi connectivity index (χ0) is 17.7. The average Bonchev–Trinajstić information content (AvgIpc) is 2.87. The minimum Gasteiger partial charge on any atom is -0.395 e. The van der Waals surface area contributed by atoms with E-state index < -0.39 is 11.8 Å². The largest absolute Gasteiger partial charge is 0.586 e. The normalized spacial score (nSPS) is 24.0. The Labute approximate surface area is 143 Å². The van der Waals surface area contributed by atoms with E-state index in [1.54, 1.807) is 6.07 Å². The van der Waals surface area contributed by atoms with Crippen molar-refractivity contribution in [2.75, 3.05) is 13.2 Å². The Kier molecular flexibility index (Phi) is 3.43. The fourth-order valence-electron chi connectivity index (χ4n) is 3.05. The molecule has 1 atom stereocenters. The van der Waals surface area contributed by atoms with Crippen LogP contribution in [-0.2, 0) is 10.3 Å². The van der Waals surface area contributed by atoms with E-state index in [4.69, 9.17) is 10.5 Å². The van der Waals surface area contributed by atoms with Crippen molar-refractivity contribution < 1.29 is 23.0 Å². The molecular weight excluding hydrogens is 330 g/mol. The van der Waals surface area contributed by atoms with E-state index in [0.717, 1.165) is 16.7 Å². The number of alkyl halides is 2. The fourth-order valence-corrected chi connectivity index (χ4v) is 3.05. The third kappa shape index (κ3) is 2.91. The van der Waals surface area contributed by atoms with Crippen molar-refractivity contribution in [2.45, 2.75) is 18.8 Å². The number of rotatable bonds is 2. The lowest BCUT2D eigenvalue weighted by Crippen LogP contribution is -2.37. The van der Waals surface area contributed by atoms with Crippen LogP contribution in [0.1, 0.15) is 12.5 Å². The van der Waals surface area contributed by atoms with Crippen LogP contribution in [0.5, 0.6) is 11.5 Å². The van der Waals surface area contributed by atoms with Gasteiger partial charge in [0, 0.05) is 0 Å². The summed E-state index contributed by atoms with van der Waals surface area (Å²) in [5.41, 5.74) is 7.73. The summed E-state index contributed by atoms with van der Waals surface area (Å²) in [4.78, 5) is 4.52. The van der Waals surface area contributed by atoms with Gasteiger partial charge in [0.25, 0.3) is 0 Å². The van der Waals surface area contributed by atoms with Crippen molar-refractivity contribution >= 4 is 5.84 Å². The third-order valence-corrected chi connectivity index (χ3v) is 4.24. The summed E-state index contributed by atoms with van der Waals surface area (Å²) >= 11 is 0. The maximum Gasteiger partial charge on any atom is 0.586 e. The first-order chi connectivity index (χ1) is 11.8. The monoisotopic (exact) mass is 346 g/mol. The minimum atomic E-state index is -3.62.